The molecule has 2 unspecified atom stereocenters. The van der Waals surface area contributed by atoms with E-state index in [0.717, 1.165) is 44.8 Å². The van der Waals surface area contributed by atoms with E-state index in [4.69, 9.17) is 14.2 Å². The molecule has 0 bridgehead atoms. The number of nitrogens with zero attached hydrogens (tertiary/aromatic N) is 4. The molecule has 2 aliphatic rings. The van der Waals surface area contributed by atoms with Gasteiger partial charge in [0.1, 0.15) is 0 Å². The van der Waals surface area contributed by atoms with Crippen molar-refractivity contribution in [3.05, 3.63) is 41.7 Å². The Hall–Kier alpha value is -3.34. The van der Waals surface area contributed by atoms with Gasteiger partial charge in [-0.25, -0.2) is 14.3 Å². The molecule has 2 aliphatic heterocycles. The van der Waals surface area contributed by atoms with E-state index in [9.17, 15) is 18.0 Å². The van der Waals surface area contributed by atoms with E-state index >= 15 is 0 Å². The molecule has 2 saturated heterocycles. The lowest BCUT2D eigenvalue weighted by atomic mass is 9.84. The number of carbonyl (C=O) groups excluding carboxylic acids is 1. The normalized spacial score (nSPS) is 20.5. The summed E-state index contributed by atoms with van der Waals surface area (Å²) in [6, 6.07) is 7.24. The Kier molecular flexibility index (Phi) is 6.98. The summed E-state index contributed by atoms with van der Waals surface area (Å²) in [5.74, 6) is 0.258. The minimum Gasteiger partial charge on any atom is -0.493 e. The number of aromatic nitrogens is 3. The number of esters is 1. The van der Waals surface area contributed by atoms with Crippen LogP contribution in [-0.2, 0) is 10.9 Å². The van der Waals surface area contributed by atoms with E-state index in [1.807, 2.05) is 0 Å². The van der Waals surface area contributed by atoms with Crippen LogP contribution in [0.1, 0.15) is 48.3 Å². The molecule has 3 aromatic rings. The summed E-state index contributed by atoms with van der Waals surface area (Å²) in [4.78, 5) is 19.6. The van der Waals surface area contributed by atoms with Crippen LogP contribution >= 0.6 is 0 Å². The zero-order valence-corrected chi connectivity index (χ0v) is 20.8. The third-order valence-corrected chi connectivity index (χ3v) is 7.26. The van der Waals surface area contributed by atoms with Crippen LogP contribution in [0.2, 0.25) is 0 Å². The van der Waals surface area contributed by atoms with Gasteiger partial charge in [-0.2, -0.15) is 18.3 Å². The molecule has 1 aromatic carbocycles. The number of hydrogen-bond donors (Lipinski definition) is 0. The van der Waals surface area contributed by atoms with Gasteiger partial charge in [-0.3, -0.25) is 4.90 Å². The monoisotopic (exact) mass is 518 g/mol. The summed E-state index contributed by atoms with van der Waals surface area (Å²) in [7, 11) is 2.91. The molecule has 8 nitrogen and oxygen atoms in total. The molecule has 37 heavy (non-hydrogen) atoms. The highest BCUT2D eigenvalue weighted by Gasteiger charge is 2.37. The zero-order valence-electron chi connectivity index (χ0n) is 20.8. The molecule has 0 spiro atoms. The average molecular weight is 519 g/mol. The van der Waals surface area contributed by atoms with Crippen LogP contribution in [0.25, 0.3) is 16.9 Å². The maximum atomic E-state index is 14.0. The quantitative estimate of drug-likeness (QED) is 0.432. The summed E-state index contributed by atoms with van der Waals surface area (Å²) in [5, 5.41) is 3.92. The second-order valence-corrected chi connectivity index (χ2v) is 9.49. The lowest BCUT2D eigenvalue weighted by molar-refractivity contribution is -0.142. The van der Waals surface area contributed by atoms with Gasteiger partial charge in [0, 0.05) is 23.6 Å². The maximum Gasteiger partial charge on any atom is 0.433 e. The standard InChI is InChI=1S/C26H29F3N4O4/c1-35-21-9-8-16(12-22(21)36-2)18-13-23(26(27,28)29)33-24(30-18)14-19(31-33)25(34)37-15-17-6-5-11-32-10-4-3-7-20(17)32/h8-9,12-14,17,20H,3-7,10-11,15H2,1-2H3. The smallest absolute Gasteiger partial charge is 0.433 e. The highest BCUT2D eigenvalue weighted by molar-refractivity contribution is 5.88. The molecule has 11 heteroatoms. The van der Waals surface area contributed by atoms with E-state index in [0.29, 0.717) is 27.6 Å². The van der Waals surface area contributed by atoms with E-state index in [2.05, 4.69) is 15.0 Å². The number of fused-ring (bicyclic) bond motifs is 2. The molecule has 198 valence electrons. The van der Waals surface area contributed by atoms with Gasteiger partial charge >= 0.3 is 12.1 Å². The number of ether oxygens (including phenoxy) is 3. The van der Waals surface area contributed by atoms with Crippen LogP contribution in [0.15, 0.2) is 30.3 Å². The van der Waals surface area contributed by atoms with E-state index in [1.165, 1.54) is 26.7 Å². The Morgan fingerprint density at radius 3 is 2.57 bits per heavy atom. The van der Waals surface area contributed by atoms with Crippen molar-refractivity contribution in [3.8, 4) is 22.8 Å². The number of piperidine rings is 2. The van der Waals surface area contributed by atoms with E-state index < -0.39 is 17.8 Å². The number of rotatable bonds is 6. The van der Waals surface area contributed by atoms with Gasteiger partial charge in [0.15, 0.2) is 28.5 Å². The highest BCUT2D eigenvalue weighted by atomic mass is 19.4. The lowest BCUT2D eigenvalue weighted by Gasteiger charge is -2.44. The summed E-state index contributed by atoms with van der Waals surface area (Å²) in [6.07, 6.45) is 0.704. The molecule has 5 rings (SSSR count). The summed E-state index contributed by atoms with van der Waals surface area (Å²) in [6.45, 7) is 2.36. The van der Waals surface area contributed by atoms with Crippen molar-refractivity contribution in [3.63, 3.8) is 0 Å². The summed E-state index contributed by atoms with van der Waals surface area (Å²) < 4.78 is 58.6. The van der Waals surface area contributed by atoms with Crippen LogP contribution in [-0.4, -0.2) is 65.4 Å². The second-order valence-electron chi connectivity index (χ2n) is 9.49. The van der Waals surface area contributed by atoms with Gasteiger partial charge in [0.05, 0.1) is 26.5 Å². The number of halogens is 3. The molecular weight excluding hydrogens is 489 g/mol. The van der Waals surface area contributed by atoms with Crippen LogP contribution in [0.4, 0.5) is 13.2 Å². The van der Waals surface area contributed by atoms with Crippen LogP contribution in [0.3, 0.4) is 0 Å². The third kappa shape index (κ3) is 5.09. The van der Waals surface area contributed by atoms with Crippen molar-refractivity contribution in [2.75, 3.05) is 33.9 Å². The first-order chi connectivity index (χ1) is 17.8. The number of benzene rings is 1. The number of methoxy groups -OCH3 is 2. The fourth-order valence-corrected chi connectivity index (χ4v) is 5.45. The van der Waals surface area contributed by atoms with Gasteiger partial charge < -0.3 is 14.2 Å². The molecule has 2 fully saturated rings. The predicted molar refractivity (Wildman–Crippen MR) is 129 cm³/mol. The van der Waals surface area contributed by atoms with Gasteiger partial charge in [0.25, 0.3) is 0 Å². The topological polar surface area (TPSA) is 78.2 Å². The lowest BCUT2D eigenvalue weighted by Crippen LogP contribution is -2.49. The number of hydrogen-bond acceptors (Lipinski definition) is 7. The first-order valence-corrected chi connectivity index (χ1v) is 12.4. The minimum atomic E-state index is -4.73. The first kappa shape index (κ1) is 25.3. The SMILES string of the molecule is COc1ccc(-c2cc(C(F)(F)F)n3nc(C(=O)OCC4CCCN5CCCCC45)cc3n2)cc1OC. The van der Waals surface area contributed by atoms with Gasteiger partial charge in [-0.15, -0.1) is 0 Å². The van der Waals surface area contributed by atoms with E-state index in [1.54, 1.807) is 18.2 Å². The average Bonchev–Trinajstić information content (AvgIpc) is 3.34. The third-order valence-electron chi connectivity index (χ3n) is 7.26. The fourth-order valence-electron chi connectivity index (χ4n) is 5.45. The summed E-state index contributed by atoms with van der Waals surface area (Å²) in [5.41, 5.74) is -0.918. The fraction of sp³-hybridized carbons (Fsp3) is 0.500. The van der Waals surface area contributed by atoms with Crippen molar-refractivity contribution in [2.45, 2.75) is 44.3 Å². The predicted octanol–water partition coefficient (Wildman–Crippen LogP) is 4.85. The molecule has 0 amide bonds. The Bertz CT molecular complexity index is 1290. The van der Waals surface area contributed by atoms with Gasteiger partial charge in [-0.05, 0) is 63.0 Å². The van der Waals surface area contributed by atoms with Crippen molar-refractivity contribution in [1.29, 1.82) is 0 Å². The Balaban J connectivity index is 1.42. The Morgan fingerprint density at radius 2 is 1.81 bits per heavy atom. The van der Waals surface area contributed by atoms with Crippen molar-refractivity contribution in [2.24, 2.45) is 5.92 Å². The van der Waals surface area contributed by atoms with Crippen molar-refractivity contribution in [1.82, 2.24) is 19.5 Å². The Morgan fingerprint density at radius 1 is 1.03 bits per heavy atom. The second kappa shape index (κ2) is 10.2. The van der Waals surface area contributed by atoms with Crippen molar-refractivity contribution >= 4 is 11.6 Å². The molecule has 2 atom stereocenters. The van der Waals surface area contributed by atoms with Crippen LogP contribution < -0.4 is 9.47 Å². The molecule has 0 saturated carbocycles. The van der Waals surface area contributed by atoms with Crippen LogP contribution in [0, 0.1) is 5.92 Å². The first-order valence-electron chi connectivity index (χ1n) is 12.4. The van der Waals surface area contributed by atoms with Gasteiger partial charge in [0.2, 0.25) is 0 Å². The summed E-state index contributed by atoms with van der Waals surface area (Å²) >= 11 is 0. The largest absolute Gasteiger partial charge is 0.493 e. The van der Waals surface area contributed by atoms with Crippen molar-refractivity contribution < 1.29 is 32.2 Å². The van der Waals surface area contributed by atoms with Gasteiger partial charge in [-0.1, -0.05) is 6.42 Å². The molecule has 0 aliphatic carbocycles. The highest BCUT2D eigenvalue weighted by Crippen LogP contribution is 2.36. The minimum absolute atomic E-state index is 0.0557. The molecule has 4 heterocycles. The number of alkyl halides is 3. The maximum absolute atomic E-state index is 14.0. The molecular formula is C26H29F3N4O4. The molecule has 2 aromatic heterocycles. The van der Waals surface area contributed by atoms with E-state index in [-0.39, 0.29) is 29.6 Å². The van der Waals surface area contributed by atoms with Crippen LogP contribution in [0.5, 0.6) is 11.5 Å². The molecule has 0 N–H and O–H groups in total. The number of carbonyl (C=O) groups is 1. The zero-order chi connectivity index (χ0) is 26.2. The Labute approximate surface area is 212 Å². The molecule has 0 radical (unpaired) electrons.